The minimum Gasteiger partial charge on any atom is -0.481 e. The van der Waals surface area contributed by atoms with Gasteiger partial charge < -0.3 is 14.7 Å². The molecule has 2 heterocycles. The number of aromatic nitrogens is 1. The second kappa shape index (κ2) is 9.12. The molecule has 1 aliphatic heterocycles. The van der Waals surface area contributed by atoms with Gasteiger partial charge >= 0.3 is 5.97 Å². The summed E-state index contributed by atoms with van der Waals surface area (Å²) in [7, 11) is 0. The molecule has 0 bridgehead atoms. The fourth-order valence-corrected chi connectivity index (χ4v) is 3.33. The third-order valence-electron chi connectivity index (χ3n) is 4.63. The molecule has 1 N–H and O–H groups in total. The number of ether oxygens (including phenoxy) is 1. The zero-order valence-electron chi connectivity index (χ0n) is 14.6. The highest BCUT2D eigenvalue weighted by Gasteiger charge is 2.25. The Balaban J connectivity index is 1.65. The average molecular weight is 375 g/mol. The molecule has 2 aromatic rings. The summed E-state index contributed by atoms with van der Waals surface area (Å²) >= 11 is 6.02. The van der Waals surface area contributed by atoms with Crippen LogP contribution >= 0.6 is 11.6 Å². The normalized spacial score (nSPS) is 17.1. The van der Waals surface area contributed by atoms with E-state index in [2.05, 4.69) is 9.88 Å². The van der Waals surface area contributed by atoms with E-state index in [4.69, 9.17) is 21.4 Å². The molecule has 1 saturated heterocycles. The van der Waals surface area contributed by atoms with E-state index in [0.29, 0.717) is 11.6 Å². The lowest BCUT2D eigenvalue weighted by molar-refractivity contribution is -0.137. The first kappa shape index (κ1) is 18.8. The first-order valence-corrected chi connectivity index (χ1v) is 9.25. The van der Waals surface area contributed by atoms with E-state index in [1.54, 1.807) is 6.20 Å². The molecule has 0 spiro atoms. The summed E-state index contributed by atoms with van der Waals surface area (Å²) in [5, 5.41) is 9.51. The minimum atomic E-state index is -0.749. The van der Waals surface area contributed by atoms with Gasteiger partial charge in [-0.05, 0) is 42.7 Å². The molecule has 3 rings (SSSR count). The highest BCUT2D eigenvalue weighted by Crippen LogP contribution is 2.29. The molecule has 0 amide bonds. The second-order valence-electron chi connectivity index (χ2n) is 6.51. The van der Waals surface area contributed by atoms with Crippen molar-refractivity contribution in [1.82, 2.24) is 9.88 Å². The van der Waals surface area contributed by atoms with Gasteiger partial charge in [0.15, 0.2) is 0 Å². The van der Waals surface area contributed by atoms with Crippen molar-refractivity contribution in [2.45, 2.75) is 31.5 Å². The van der Waals surface area contributed by atoms with Crippen LogP contribution in [0.25, 0.3) is 0 Å². The Morgan fingerprint density at radius 2 is 1.96 bits per heavy atom. The Morgan fingerprint density at radius 3 is 2.58 bits per heavy atom. The molecule has 1 aliphatic rings. The van der Waals surface area contributed by atoms with Crippen LogP contribution in [0.5, 0.6) is 0 Å². The van der Waals surface area contributed by atoms with Gasteiger partial charge in [-0.15, -0.1) is 0 Å². The van der Waals surface area contributed by atoms with E-state index < -0.39 is 5.97 Å². The maximum Gasteiger partial charge on any atom is 0.304 e. The van der Waals surface area contributed by atoms with Gasteiger partial charge in [0.25, 0.3) is 0 Å². The van der Waals surface area contributed by atoms with Gasteiger partial charge in [0, 0.05) is 30.9 Å². The lowest BCUT2D eigenvalue weighted by Gasteiger charge is -2.33. The maximum absolute atomic E-state index is 10.7. The van der Waals surface area contributed by atoms with E-state index in [1.807, 2.05) is 42.5 Å². The molecule has 1 fully saturated rings. The third-order valence-corrected chi connectivity index (χ3v) is 4.89. The number of carboxylic acid groups (broad SMARTS) is 1. The van der Waals surface area contributed by atoms with Crippen molar-refractivity contribution in [1.29, 1.82) is 0 Å². The largest absolute Gasteiger partial charge is 0.481 e. The van der Waals surface area contributed by atoms with Gasteiger partial charge in [0.2, 0.25) is 0 Å². The maximum atomic E-state index is 10.7. The zero-order valence-corrected chi connectivity index (χ0v) is 15.3. The molecule has 0 aliphatic carbocycles. The molecule has 138 valence electrons. The van der Waals surface area contributed by atoms with E-state index in [-0.39, 0.29) is 18.6 Å². The molecule has 5 nitrogen and oxygen atoms in total. The van der Waals surface area contributed by atoms with Crippen LogP contribution in [0.1, 0.15) is 36.6 Å². The highest BCUT2D eigenvalue weighted by atomic mass is 35.5. The molecule has 26 heavy (non-hydrogen) atoms. The van der Waals surface area contributed by atoms with Crippen molar-refractivity contribution in [2.24, 2.45) is 0 Å². The number of halogens is 1. The number of likely N-dealkylation sites (tertiary alicyclic amines) is 1. The van der Waals surface area contributed by atoms with Crippen molar-refractivity contribution < 1.29 is 14.6 Å². The van der Waals surface area contributed by atoms with Crippen LogP contribution in [-0.2, 0) is 9.53 Å². The van der Waals surface area contributed by atoms with Crippen molar-refractivity contribution in [3.8, 4) is 0 Å². The number of pyridine rings is 1. The summed E-state index contributed by atoms with van der Waals surface area (Å²) in [6.07, 6.45) is 3.62. The first-order chi connectivity index (χ1) is 12.6. The quantitative estimate of drug-likeness (QED) is 0.799. The Kier molecular flexibility index (Phi) is 6.61. The van der Waals surface area contributed by atoms with Crippen molar-refractivity contribution in [3.05, 3.63) is 64.9 Å². The summed E-state index contributed by atoms with van der Waals surface area (Å²) in [5.74, 6) is -0.749. The summed E-state index contributed by atoms with van der Waals surface area (Å²) in [6, 6.07) is 13.5. The summed E-state index contributed by atoms with van der Waals surface area (Å²) < 4.78 is 6.43. The Bertz CT molecular complexity index is 701. The van der Waals surface area contributed by atoms with Crippen molar-refractivity contribution in [2.75, 3.05) is 19.6 Å². The van der Waals surface area contributed by atoms with Crippen LogP contribution < -0.4 is 0 Å². The van der Waals surface area contributed by atoms with E-state index >= 15 is 0 Å². The van der Waals surface area contributed by atoms with E-state index in [0.717, 1.165) is 37.2 Å². The molecule has 1 unspecified atom stereocenters. The fourth-order valence-electron chi connectivity index (χ4n) is 3.20. The van der Waals surface area contributed by atoms with Gasteiger partial charge in [-0.2, -0.15) is 0 Å². The summed E-state index contributed by atoms with van der Waals surface area (Å²) in [5.41, 5.74) is 1.91. The Morgan fingerprint density at radius 1 is 1.23 bits per heavy atom. The van der Waals surface area contributed by atoms with Crippen LogP contribution in [0.2, 0.25) is 5.02 Å². The number of aliphatic carboxylic acids is 1. The van der Waals surface area contributed by atoms with Gasteiger partial charge in [0.1, 0.15) is 6.10 Å². The number of hydrogen-bond donors (Lipinski definition) is 1. The minimum absolute atomic E-state index is 0.124. The molecule has 0 radical (unpaired) electrons. The number of benzene rings is 1. The van der Waals surface area contributed by atoms with Crippen LogP contribution in [0.15, 0.2) is 48.7 Å². The standard InChI is InChI=1S/C20H23ClN2O3/c21-16-6-4-15(5-7-16)20(18-3-1-2-11-22-18)26-17-8-12-23(13-9-17)14-10-19(24)25/h1-7,11,17,20H,8-10,12-14H2,(H,24,25). The first-order valence-electron chi connectivity index (χ1n) is 8.88. The molecular formula is C20H23ClN2O3. The topological polar surface area (TPSA) is 62.7 Å². The number of hydrogen-bond acceptors (Lipinski definition) is 4. The van der Waals surface area contributed by atoms with Crippen molar-refractivity contribution in [3.63, 3.8) is 0 Å². The third kappa shape index (κ3) is 5.27. The van der Waals surface area contributed by atoms with Gasteiger partial charge in [-0.3, -0.25) is 9.78 Å². The van der Waals surface area contributed by atoms with Crippen LogP contribution in [-0.4, -0.2) is 46.7 Å². The predicted octanol–water partition coefficient (Wildman–Crippen LogP) is 3.78. The molecular weight excluding hydrogens is 352 g/mol. The number of carbonyl (C=O) groups is 1. The molecule has 1 aromatic heterocycles. The second-order valence-corrected chi connectivity index (χ2v) is 6.94. The lowest BCUT2D eigenvalue weighted by Crippen LogP contribution is -2.38. The Hall–Kier alpha value is -1.95. The monoisotopic (exact) mass is 374 g/mol. The predicted molar refractivity (Wildman–Crippen MR) is 100 cm³/mol. The van der Waals surface area contributed by atoms with E-state index in [9.17, 15) is 4.79 Å². The molecule has 1 atom stereocenters. The van der Waals surface area contributed by atoms with Crippen LogP contribution in [0.3, 0.4) is 0 Å². The van der Waals surface area contributed by atoms with Gasteiger partial charge in [-0.1, -0.05) is 29.8 Å². The Labute approximate surface area is 158 Å². The van der Waals surface area contributed by atoms with E-state index in [1.165, 1.54) is 0 Å². The van der Waals surface area contributed by atoms with Crippen LogP contribution in [0.4, 0.5) is 0 Å². The zero-order chi connectivity index (χ0) is 18.4. The number of rotatable bonds is 7. The smallest absolute Gasteiger partial charge is 0.304 e. The lowest BCUT2D eigenvalue weighted by atomic mass is 10.0. The van der Waals surface area contributed by atoms with Crippen LogP contribution in [0, 0.1) is 0 Å². The average Bonchev–Trinajstić information content (AvgIpc) is 2.67. The van der Waals surface area contributed by atoms with Gasteiger partial charge in [0.05, 0.1) is 18.2 Å². The SMILES string of the molecule is O=C(O)CCN1CCC(OC(c2ccc(Cl)cc2)c2ccccn2)CC1. The number of nitrogens with zero attached hydrogens (tertiary/aromatic N) is 2. The number of carboxylic acids is 1. The van der Waals surface area contributed by atoms with Crippen molar-refractivity contribution >= 4 is 17.6 Å². The fraction of sp³-hybridized carbons (Fsp3) is 0.400. The highest BCUT2D eigenvalue weighted by molar-refractivity contribution is 6.30. The molecule has 1 aromatic carbocycles. The molecule has 6 heteroatoms. The number of piperidine rings is 1. The summed E-state index contributed by atoms with van der Waals surface area (Å²) in [6.45, 7) is 2.31. The molecule has 0 saturated carbocycles. The summed E-state index contributed by atoms with van der Waals surface area (Å²) in [4.78, 5) is 17.4. The van der Waals surface area contributed by atoms with Gasteiger partial charge in [-0.25, -0.2) is 0 Å².